The monoisotopic (exact) mass is 191 g/mol. The lowest BCUT2D eigenvalue weighted by Gasteiger charge is -2.23. The molecule has 0 amide bonds. The van der Waals surface area contributed by atoms with Gasteiger partial charge in [0.2, 0.25) is 0 Å². The molecule has 14 heavy (non-hydrogen) atoms. The summed E-state index contributed by atoms with van der Waals surface area (Å²) in [4.78, 5) is 2.34. The first-order valence-electron chi connectivity index (χ1n) is 5.56. The highest BCUT2D eigenvalue weighted by molar-refractivity contribution is 5.59. The lowest BCUT2D eigenvalue weighted by atomic mass is 10.0. The van der Waals surface area contributed by atoms with Gasteiger partial charge in [0.25, 0.3) is 0 Å². The number of anilines is 1. The molecule has 0 heterocycles. The Labute approximate surface area is 87.7 Å². The van der Waals surface area contributed by atoms with Gasteiger partial charge in [0.05, 0.1) is 0 Å². The first-order chi connectivity index (χ1) is 6.74. The van der Waals surface area contributed by atoms with Crippen molar-refractivity contribution in [1.29, 1.82) is 0 Å². The Hall–Kier alpha value is -0.980. The fourth-order valence-electron chi connectivity index (χ4n) is 1.86. The Bertz CT molecular complexity index is 269. The van der Waals surface area contributed by atoms with Crippen molar-refractivity contribution in [2.45, 2.75) is 33.6 Å². The Morgan fingerprint density at radius 2 is 1.50 bits per heavy atom. The largest absolute Gasteiger partial charge is 0.374 e. The molecule has 0 bridgehead atoms. The molecule has 1 heteroatoms. The van der Waals surface area contributed by atoms with Gasteiger partial charge in [-0.1, -0.05) is 32.0 Å². The third-order valence-corrected chi connectivity index (χ3v) is 2.82. The maximum Gasteiger partial charge on any atom is 0.0428 e. The van der Waals surface area contributed by atoms with Gasteiger partial charge in [0.1, 0.15) is 0 Å². The van der Waals surface area contributed by atoms with E-state index >= 15 is 0 Å². The van der Waals surface area contributed by atoms with Crippen LogP contribution in [-0.2, 0) is 12.8 Å². The first-order valence-corrected chi connectivity index (χ1v) is 5.56. The Morgan fingerprint density at radius 3 is 1.86 bits per heavy atom. The molecule has 0 unspecified atom stereocenters. The molecule has 0 aliphatic rings. The zero-order valence-electron chi connectivity index (χ0n) is 9.80. The number of rotatable bonds is 4. The second-order valence-electron chi connectivity index (χ2n) is 3.65. The minimum atomic E-state index is 1.07. The standard InChI is InChI=1S/C13H21N/c1-5-11-9-8-10-12(6-2)13(11)14(4)7-3/h8-10H,5-7H2,1-4H3. The zero-order valence-corrected chi connectivity index (χ0v) is 9.80. The first kappa shape index (κ1) is 11.1. The molecule has 0 saturated heterocycles. The molecule has 1 aromatic rings. The molecular formula is C13H21N. The number of hydrogen-bond donors (Lipinski definition) is 0. The quantitative estimate of drug-likeness (QED) is 0.706. The number of benzene rings is 1. The van der Waals surface area contributed by atoms with Gasteiger partial charge >= 0.3 is 0 Å². The number of para-hydroxylation sites is 1. The van der Waals surface area contributed by atoms with E-state index < -0.39 is 0 Å². The molecule has 0 aliphatic carbocycles. The molecule has 1 nitrogen and oxygen atoms in total. The number of nitrogens with zero attached hydrogens (tertiary/aromatic N) is 1. The summed E-state index contributed by atoms with van der Waals surface area (Å²) >= 11 is 0. The van der Waals surface area contributed by atoms with Crippen molar-refractivity contribution in [1.82, 2.24) is 0 Å². The molecule has 0 aromatic heterocycles. The van der Waals surface area contributed by atoms with Crippen LogP contribution in [0.15, 0.2) is 18.2 Å². The van der Waals surface area contributed by atoms with Crippen molar-refractivity contribution in [2.75, 3.05) is 18.5 Å². The Balaban J connectivity index is 3.18. The van der Waals surface area contributed by atoms with Crippen LogP contribution >= 0.6 is 0 Å². The average Bonchev–Trinajstić information content (AvgIpc) is 2.26. The van der Waals surface area contributed by atoms with E-state index in [0.717, 1.165) is 19.4 Å². The smallest absolute Gasteiger partial charge is 0.0428 e. The molecule has 0 spiro atoms. The molecule has 0 aliphatic heterocycles. The Morgan fingerprint density at radius 1 is 1.00 bits per heavy atom. The van der Waals surface area contributed by atoms with Crippen molar-refractivity contribution in [3.05, 3.63) is 29.3 Å². The summed E-state index contributed by atoms with van der Waals surface area (Å²) in [7, 11) is 2.17. The Kier molecular flexibility index (Phi) is 3.99. The fourth-order valence-corrected chi connectivity index (χ4v) is 1.86. The molecule has 0 radical (unpaired) electrons. The summed E-state index contributed by atoms with van der Waals surface area (Å²) in [5, 5.41) is 0. The van der Waals surface area contributed by atoms with Crippen molar-refractivity contribution in [3.8, 4) is 0 Å². The molecule has 0 saturated carbocycles. The molecule has 0 atom stereocenters. The van der Waals surface area contributed by atoms with Gasteiger partial charge in [-0.2, -0.15) is 0 Å². The zero-order chi connectivity index (χ0) is 10.6. The summed E-state index contributed by atoms with van der Waals surface area (Å²) < 4.78 is 0. The maximum absolute atomic E-state index is 2.34. The summed E-state index contributed by atoms with van der Waals surface area (Å²) in [6.45, 7) is 7.72. The predicted octanol–water partition coefficient (Wildman–Crippen LogP) is 3.27. The second kappa shape index (κ2) is 5.04. The van der Waals surface area contributed by atoms with Gasteiger partial charge < -0.3 is 4.90 Å². The molecule has 78 valence electrons. The van der Waals surface area contributed by atoms with Gasteiger partial charge in [0, 0.05) is 19.3 Å². The predicted molar refractivity (Wildman–Crippen MR) is 64.1 cm³/mol. The van der Waals surface area contributed by atoms with Gasteiger partial charge in [0.15, 0.2) is 0 Å². The van der Waals surface area contributed by atoms with Crippen LogP contribution in [0.3, 0.4) is 0 Å². The number of aryl methyl sites for hydroxylation is 2. The SMILES string of the molecule is CCc1cccc(CC)c1N(C)CC. The lowest BCUT2D eigenvalue weighted by Crippen LogP contribution is -2.19. The van der Waals surface area contributed by atoms with Crippen LogP contribution in [0.1, 0.15) is 31.9 Å². The van der Waals surface area contributed by atoms with Gasteiger partial charge in [-0.3, -0.25) is 0 Å². The van der Waals surface area contributed by atoms with Crippen molar-refractivity contribution >= 4 is 5.69 Å². The highest BCUT2D eigenvalue weighted by atomic mass is 15.1. The fraction of sp³-hybridized carbons (Fsp3) is 0.538. The molecular weight excluding hydrogens is 170 g/mol. The van der Waals surface area contributed by atoms with E-state index in [2.05, 4.69) is 50.9 Å². The number of hydrogen-bond acceptors (Lipinski definition) is 1. The van der Waals surface area contributed by atoms with E-state index in [-0.39, 0.29) is 0 Å². The molecule has 1 aromatic carbocycles. The van der Waals surface area contributed by atoms with Crippen LogP contribution in [0.25, 0.3) is 0 Å². The van der Waals surface area contributed by atoms with Crippen molar-refractivity contribution in [2.24, 2.45) is 0 Å². The summed E-state index contributed by atoms with van der Waals surface area (Å²) in [5.41, 5.74) is 4.38. The van der Waals surface area contributed by atoms with Crippen LogP contribution in [0.2, 0.25) is 0 Å². The normalized spacial score (nSPS) is 10.3. The maximum atomic E-state index is 2.34. The minimum absolute atomic E-state index is 1.07. The summed E-state index contributed by atoms with van der Waals surface area (Å²) in [6, 6.07) is 6.64. The third-order valence-electron chi connectivity index (χ3n) is 2.82. The van der Waals surface area contributed by atoms with E-state index in [9.17, 15) is 0 Å². The van der Waals surface area contributed by atoms with E-state index in [1.54, 1.807) is 0 Å². The topological polar surface area (TPSA) is 3.24 Å². The van der Waals surface area contributed by atoms with Crippen molar-refractivity contribution < 1.29 is 0 Å². The van der Waals surface area contributed by atoms with Crippen molar-refractivity contribution in [3.63, 3.8) is 0 Å². The van der Waals surface area contributed by atoms with Crippen LogP contribution < -0.4 is 4.90 Å². The van der Waals surface area contributed by atoms with E-state index in [1.807, 2.05) is 0 Å². The minimum Gasteiger partial charge on any atom is -0.374 e. The molecule has 1 rings (SSSR count). The highest BCUT2D eigenvalue weighted by Gasteiger charge is 2.08. The average molecular weight is 191 g/mol. The van der Waals surface area contributed by atoms with E-state index in [1.165, 1.54) is 16.8 Å². The van der Waals surface area contributed by atoms with Crippen LogP contribution in [0.5, 0.6) is 0 Å². The van der Waals surface area contributed by atoms with Gasteiger partial charge in [-0.25, -0.2) is 0 Å². The second-order valence-corrected chi connectivity index (χ2v) is 3.65. The van der Waals surface area contributed by atoms with Gasteiger partial charge in [-0.15, -0.1) is 0 Å². The van der Waals surface area contributed by atoms with Crippen LogP contribution in [-0.4, -0.2) is 13.6 Å². The van der Waals surface area contributed by atoms with Crippen LogP contribution in [0.4, 0.5) is 5.69 Å². The van der Waals surface area contributed by atoms with E-state index in [4.69, 9.17) is 0 Å². The summed E-state index contributed by atoms with van der Waals surface area (Å²) in [5.74, 6) is 0. The van der Waals surface area contributed by atoms with E-state index in [0.29, 0.717) is 0 Å². The van der Waals surface area contributed by atoms with Crippen LogP contribution in [0, 0.1) is 0 Å². The third kappa shape index (κ3) is 2.09. The summed E-state index contributed by atoms with van der Waals surface area (Å²) in [6.07, 6.45) is 2.24. The van der Waals surface area contributed by atoms with Gasteiger partial charge in [-0.05, 0) is 30.9 Å². The molecule has 0 N–H and O–H groups in total. The highest BCUT2D eigenvalue weighted by Crippen LogP contribution is 2.25. The lowest BCUT2D eigenvalue weighted by molar-refractivity contribution is 0.928. The molecule has 0 fully saturated rings.